The molecule has 96 valence electrons. The molecule has 0 radical (unpaired) electrons. The molecule has 0 bridgehead atoms. The number of ketones is 1. The normalized spacial score (nSPS) is 9.60. The van der Waals surface area contributed by atoms with Crippen LogP contribution in [0.15, 0.2) is 48.5 Å². The summed E-state index contributed by atoms with van der Waals surface area (Å²) in [4.78, 5) is 23.1. The third kappa shape index (κ3) is 3.70. The molecule has 20 heavy (non-hydrogen) atoms. The van der Waals surface area contributed by atoms with E-state index in [0.29, 0.717) is 16.7 Å². The van der Waals surface area contributed by atoms with Crippen molar-refractivity contribution in [3.63, 3.8) is 0 Å². The van der Waals surface area contributed by atoms with Gasteiger partial charge in [0.05, 0.1) is 0 Å². The van der Waals surface area contributed by atoms with Crippen LogP contribution in [-0.2, 0) is 11.2 Å². The van der Waals surface area contributed by atoms with E-state index >= 15 is 0 Å². The van der Waals surface area contributed by atoms with E-state index < -0.39 is 5.97 Å². The standard InChI is InChI=1S/C15H13NO3.Na/c16-13-8-4-7-11(12(13)9-14(17)18)15(19)10-5-2-1-3-6-10;/h1-8H,9,16H2,(H,17,18);/q;+1/p-1. The smallest absolute Gasteiger partial charge is 0.550 e. The van der Waals surface area contributed by atoms with Crippen molar-refractivity contribution < 1.29 is 44.3 Å². The Morgan fingerprint density at radius 3 is 2.25 bits per heavy atom. The Kier molecular flexibility index (Phi) is 5.95. The number of carbonyl (C=O) groups is 2. The Morgan fingerprint density at radius 2 is 1.65 bits per heavy atom. The number of anilines is 1. The fourth-order valence-electron chi connectivity index (χ4n) is 1.90. The largest absolute Gasteiger partial charge is 1.00 e. The number of carbonyl (C=O) groups excluding carboxylic acids is 2. The van der Waals surface area contributed by atoms with Gasteiger partial charge in [-0.05, 0) is 11.6 Å². The Bertz CT molecular complexity index is 626. The summed E-state index contributed by atoms with van der Waals surface area (Å²) in [6.07, 6.45) is -0.374. The third-order valence-electron chi connectivity index (χ3n) is 2.81. The van der Waals surface area contributed by atoms with Crippen molar-refractivity contribution in [1.82, 2.24) is 0 Å². The summed E-state index contributed by atoms with van der Waals surface area (Å²) < 4.78 is 0. The predicted molar refractivity (Wildman–Crippen MR) is 69.4 cm³/mol. The van der Waals surface area contributed by atoms with Gasteiger partial charge < -0.3 is 15.6 Å². The second-order valence-corrected chi connectivity index (χ2v) is 4.12. The summed E-state index contributed by atoms with van der Waals surface area (Å²) in [5.74, 6) is -1.51. The molecule has 0 amide bonds. The van der Waals surface area contributed by atoms with Crippen molar-refractivity contribution >= 4 is 17.4 Å². The quantitative estimate of drug-likeness (QED) is 0.390. The Balaban J connectivity index is 0.00000200. The summed E-state index contributed by atoms with van der Waals surface area (Å²) in [5.41, 5.74) is 7.12. The number of carboxylic acid groups (broad SMARTS) is 1. The van der Waals surface area contributed by atoms with Gasteiger partial charge in [-0.1, -0.05) is 42.5 Å². The zero-order valence-electron chi connectivity index (χ0n) is 11.1. The molecule has 0 atom stereocenters. The minimum absolute atomic E-state index is 0. The van der Waals surface area contributed by atoms with Gasteiger partial charge in [0.25, 0.3) is 0 Å². The minimum atomic E-state index is -1.26. The molecule has 0 aliphatic rings. The molecular formula is C15H12NNaO3. The zero-order valence-corrected chi connectivity index (χ0v) is 13.1. The van der Waals surface area contributed by atoms with Crippen LogP contribution in [0.3, 0.4) is 0 Å². The molecule has 0 spiro atoms. The Morgan fingerprint density at radius 1 is 1.00 bits per heavy atom. The van der Waals surface area contributed by atoms with E-state index in [2.05, 4.69) is 0 Å². The van der Waals surface area contributed by atoms with Gasteiger partial charge >= 0.3 is 29.6 Å². The van der Waals surface area contributed by atoms with Crippen LogP contribution in [0, 0.1) is 0 Å². The second-order valence-electron chi connectivity index (χ2n) is 4.12. The summed E-state index contributed by atoms with van der Waals surface area (Å²) in [6, 6.07) is 13.4. The van der Waals surface area contributed by atoms with E-state index in [4.69, 9.17) is 5.73 Å². The molecule has 2 rings (SSSR count). The van der Waals surface area contributed by atoms with E-state index in [0.717, 1.165) is 0 Å². The van der Waals surface area contributed by atoms with Gasteiger partial charge in [-0.25, -0.2) is 0 Å². The zero-order chi connectivity index (χ0) is 13.8. The average Bonchev–Trinajstić information content (AvgIpc) is 2.41. The molecule has 2 aromatic rings. The first-order valence-electron chi connectivity index (χ1n) is 5.76. The number of aliphatic carboxylic acids is 1. The molecule has 2 N–H and O–H groups in total. The van der Waals surface area contributed by atoms with Crippen molar-refractivity contribution in [3.8, 4) is 0 Å². The van der Waals surface area contributed by atoms with Gasteiger partial charge in [0, 0.05) is 29.2 Å². The fourth-order valence-corrected chi connectivity index (χ4v) is 1.90. The molecule has 0 unspecified atom stereocenters. The molecule has 4 nitrogen and oxygen atoms in total. The van der Waals surface area contributed by atoms with Crippen LogP contribution >= 0.6 is 0 Å². The number of hydrogen-bond acceptors (Lipinski definition) is 4. The molecule has 5 heteroatoms. The summed E-state index contributed by atoms with van der Waals surface area (Å²) in [7, 11) is 0. The van der Waals surface area contributed by atoms with Crippen molar-refractivity contribution in [3.05, 3.63) is 65.2 Å². The van der Waals surface area contributed by atoms with Crippen LogP contribution in [-0.4, -0.2) is 11.8 Å². The molecule has 0 aromatic heterocycles. The SMILES string of the molecule is Nc1cccc(C(=O)c2ccccc2)c1CC(=O)[O-].[Na+]. The topological polar surface area (TPSA) is 83.2 Å². The molecule has 0 aliphatic heterocycles. The van der Waals surface area contributed by atoms with E-state index in [1.54, 1.807) is 48.5 Å². The first-order valence-corrected chi connectivity index (χ1v) is 5.76. The van der Waals surface area contributed by atoms with Gasteiger partial charge in [-0.2, -0.15) is 0 Å². The van der Waals surface area contributed by atoms with Crippen LogP contribution in [0.4, 0.5) is 5.69 Å². The van der Waals surface area contributed by atoms with Gasteiger partial charge in [0.1, 0.15) is 0 Å². The maximum absolute atomic E-state index is 12.3. The van der Waals surface area contributed by atoms with Crippen molar-refractivity contribution in [2.24, 2.45) is 0 Å². The van der Waals surface area contributed by atoms with Crippen molar-refractivity contribution in [2.45, 2.75) is 6.42 Å². The van der Waals surface area contributed by atoms with Crippen molar-refractivity contribution in [1.29, 1.82) is 0 Å². The van der Waals surface area contributed by atoms with Crippen LogP contribution in [0.5, 0.6) is 0 Å². The molecule has 0 fully saturated rings. The average molecular weight is 277 g/mol. The van der Waals surface area contributed by atoms with Crippen LogP contribution in [0.1, 0.15) is 21.5 Å². The van der Waals surface area contributed by atoms with E-state index in [-0.39, 0.29) is 47.4 Å². The van der Waals surface area contributed by atoms with Gasteiger partial charge in [0.2, 0.25) is 0 Å². The first kappa shape index (κ1) is 16.4. The molecule has 0 aliphatic carbocycles. The van der Waals surface area contributed by atoms with E-state index in [9.17, 15) is 14.7 Å². The van der Waals surface area contributed by atoms with E-state index in [1.807, 2.05) is 0 Å². The predicted octanol–water partition coefficient (Wildman–Crippen LogP) is -2.20. The maximum Gasteiger partial charge on any atom is 1.00 e. The Labute approximate surface area is 138 Å². The minimum Gasteiger partial charge on any atom is -0.550 e. The monoisotopic (exact) mass is 277 g/mol. The van der Waals surface area contributed by atoms with Gasteiger partial charge in [-0.3, -0.25) is 4.79 Å². The summed E-state index contributed by atoms with van der Waals surface area (Å²) in [5, 5.41) is 10.8. The number of nitrogen functional groups attached to an aromatic ring is 1. The third-order valence-corrected chi connectivity index (χ3v) is 2.81. The maximum atomic E-state index is 12.3. The van der Waals surface area contributed by atoms with Gasteiger partial charge in [0.15, 0.2) is 5.78 Å². The number of benzene rings is 2. The van der Waals surface area contributed by atoms with E-state index in [1.165, 1.54) is 0 Å². The summed E-state index contributed by atoms with van der Waals surface area (Å²) in [6.45, 7) is 0. The molecule has 0 saturated carbocycles. The van der Waals surface area contributed by atoms with Gasteiger partial charge in [-0.15, -0.1) is 0 Å². The molecule has 2 aromatic carbocycles. The second kappa shape index (κ2) is 7.24. The Hall–Kier alpha value is -1.62. The number of hydrogen-bond donors (Lipinski definition) is 1. The molecular weight excluding hydrogens is 265 g/mol. The first-order chi connectivity index (χ1) is 9.09. The molecule has 0 heterocycles. The van der Waals surface area contributed by atoms with Crippen LogP contribution in [0.2, 0.25) is 0 Å². The van der Waals surface area contributed by atoms with Crippen LogP contribution in [0.25, 0.3) is 0 Å². The van der Waals surface area contributed by atoms with Crippen molar-refractivity contribution in [2.75, 3.05) is 5.73 Å². The van der Waals surface area contributed by atoms with Crippen LogP contribution < -0.4 is 40.4 Å². The number of carboxylic acids is 1. The molecule has 0 saturated heterocycles. The number of nitrogens with two attached hydrogens (primary N) is 1. The fraction of sp³-hybridized carbons (Fsp3) is 0.0667. The number of rotatable bonds is 4. The summed E-state index contributed by atoms with van der Waals surface area (Å²) >= 11 is 0.